The maximum absolute atomic E-state index is 11.8. The molecule has 1 N–H and O–H groups in total. The number of fused-ring (bicyclic) bond motifs is 1. The van der Waals surface area contributed by atoms with Crippen LogP contribution in [0.15, 0.2) is 53.3 Å². The molecule has 23 heavy (non-hydrogen) atoms. The van der Waals surface area contributed by atoms with Gasteiger partial charge >= 0.3 is 5.69 Å². The van der Waals surface area contributed by atoms with E-state index in [1.807, 2.05) is 37.4 Å². The fourth-order valence-electron chi connectivity index (χ4n) is 3.41. The van der Waals surface area contributed by atoms with Gasteiger partial charge in [-0.2, -0.15) is 0 Å². The number of para-hydroxylation sites is 1. The summed E-state index contributed by atoms with van der Waals surface area (Å²) in [5.74, 6) is 0.473. The molecule has 1 heterocycles. The third-order valence-electron chi connectivity index (χ3n) is 4.81. The molecular formula is C19H20N2O2. The summed E-state index contributed by atoms with van der Waals surface area (Å²) in [6, 6.07) is 16.4. The van der Waals surface area contributed by atoms with E-state index in [0.717, 1.165) is 23.9 Å². The number of aryl methyl sites for hydroxylation is 1. The molecule has 0 bridgehead atoms. The Kier molecular flexibility index (Phi) is 3.54. The van der Waals surface area contributed by atoms with Crippen LogP contribution in [0, 0.1) is 0 Å². The van der Waals surface area contributed by atoms with Gasteiger partial charge in [-0.25, -0.2) is 4.79 Å². The number of imidazole rings is 1. The first-order chi connectivity index (χ1) is 11.2. The molecule has 0 unspecified atom stereocenters. The second kappa shape index (κ2) is 5.70. The number of hydrogen-bond acceptors (Lipinski definition) is 2. The van der Waals surface area contributed by atoms with E-state index in [0.29, 0.717) is 18.6 Å². The Morgan fingerprint density at radius 1 is 1.13 bits per heavy atom. The van der Waals surface area contributed by atoms with Crippen LogP contribution in [0.25, 0.3) is 11.0 Å². The van der Waals surface area contributed by atoms with Crippen LogP contribution in [-0.2, 0) is 18.4 Å². The van der Waals surface area contributed by atoms with Crippen LogP contribution in [-0.4, -0.2) is 15.7 Å². The van der Waals surface area contributed by atoms with Crippen molar-refractivity contribution in [3.8, 4) is 0 Å². The number of H-pyrrole nitrogens is 1. The highest BCUT2D eigenvalue weighted by molar-refractivity contribution is 5.79. The molecule has 0 atom stereocenters. The summed E-state index contributed by atoms with van der Waals surface area (Å²) in [4.78, 5) is 14.7. The highest BCUT2D eigenvalue weighted by atomic mass is 16.5. The lowest BCUT2D eigenvalue weighted by Gasteiger charge is -2.35. The molecule has 4 nitrogen and oxygen atoms in total. The molecule has 3 aromatic rings. The summed E-state index contributed by atoms with van der Waals surface area (Å²) in [6.07, 6.45) is 2.35. The molecule has 4 heteroatoms. The smallest absolute Gasteiger partial charge is 0.326 e. The average molecular weight is 308 g/mol. The van der Waals surface area contributed by atoms with E-state index >= 15 is 0 Å². The minimum Gasteiger partial charge on any atom is -0.373 e. The van der Waals surface area contributed by atoms with Crippen molar-refractivity contribution in [2.75, 3.05) is 0 Å². The fourth-order valence-corrected chi connectivity index (χ4v) is 3.41. The maximum Gasteiger partial charge on any atom is 0.326 e. The highest BCUT2D eigenvalue weighted by Crippen LogP contribution is 2.41. The zero-order chi connectivity index (χ0) is 15.8. The van der Waals surface area contributed by atoms with Crippen LogP contribution in [0.5, 0.6) is 0 Å². The molecule has 0 radical (unpaired) electrons. The topological polar surface area (TPSA) is 47.0 Å². The van der Waals surface area contributed by atoms with Crippen molar-refractivity contribution in [1.29, 1.82) is 0 Å². The van der Waals surface area contributed by atoms with Gasteiger partial charge < -0.3 is 9.72 Å². The van der Waals surface area contributed by atoms with Crippen molar-refractivity contribution in [3.05, 3.63) is 70.1 Å². The molecule has 1 aromatic heterocycles. The number of ether oxygens (including phenoxy) is 1. The first kappa shape index (κ1) is 14.3. The van der Waals surface area contributed by atoms with Gasteiger partial charge in [-0.3, -0.25) is 4.57 Å². The van der Waals surface area contributed by atoms with Crippen LogP contribution < -0.4 is 5.69 Å². The molecule has 1 fully saturated rings. The zero-order valence-corrected chi connectivity index (χ0v) is 13.2. The van der Waals surface area contributed by atoms with Gasteiger partial charge in [-0.1, -0.05) is 42.5 Å². The molecule has 4 rings (SSSR count). The van der Waals surface area contributed by atoms with Gasteiger partial charge in [0.1, 0.15) is 0 Å². The van der Waals surface area contributed by atoms with E-state index in [-0.39, 0.29) is 5.69 Å². The monoisotopic (exact) mass is 308 g/mol. The summed E-state index contributed by atoms with van der Waals surface area (Å²) < 4.78 is 7.70. The number of aromatic nitrogens is 2. The van der Waals surface area contributed by atoms with Gasteiger partial charge in [0.05, 0.1) is 23.7 Å². The molecule has 118 valence electrons. The lowest BCUT2D eigenvalue weighted by atomic mass is 9.77. The molecule has 2 aromatic carbocycles. The molecule has 1 aliphatic rings. The minimum atomic E-state index is -0.0522. The molecular weight excluding hydrogens is 288 g/mol. The van der Waals surface area contributed by atoms with E-state index < -0.39 is 0 Å². The van der Waals surface area contributed by atoms with Crippen LogP contribution in [0.2, 0.25) is 0 Å². The largest absolute Gasteiger partial charge is 0.373 e. The first-order valence-corrected chi connectivity index (χ1v) is 8.05. The lowest BCUT2D eigenvalue weighted by Crippen LogP contribution is -2.30. The Bertz CT molecular complexity index is 873. The molecule has 0 saturated heterocycles. The summed E-state index contributed by atoms with van der Waals surface area (Å²) in [7, 11) is 1.83. The highest BCUT2D eigenvalue weighted by Gasteiger charge is 2.32. The zero-order valence-electron chi connectivity index (χ0n) is 13.2. The van der Waals surface area contributed by atoms with Gasteiger partial charge in [0.15, 0.2) is 0 Å². The van der Waals surface area contributed by atoms with E-state index in [2.05, 4.69) is 23.2 Å². The van der Waals surface area contributed by atoms with Crippen LogP contribution in [0.3, 0.4) is 0 Å². The number of benzene rings is 2. The first-order valence-electron chi connectivity index (χ1n) is 8.05. The number of aromatic amines is 1. The SMILES string of the molecule is Cn1c(=O)[nH]c2cccc(C3CC(OCc4ccccc4)C3)c21. The van der Waals surface area contributed by atoms with Crippen LogP contribution in [0.4, 0.5) is 0 Å². The quantitative estimate of drug-likeness (QED) is 0.803. The number of nitrogens with zero attached hydrogens (tertiary/aromatic N) is 1. The van der Waals surface area contributed by atoms with E-state index in [1.165, 1.54) is 11.1 Å². The van der Waals surface area contributed by atoms with Crippen molar-refractivity contribution in [2.45, 2.75) is 31.5 Å². The minimum absolute atomic E-state index is 0.0522. The van der Waals surface area contributed by atoms with Gasteiger partial charge in [-0.05, 0) is 36.0 Å². The lowest BCUT2D eigenvalue weighted by molar-refractivity contribution is -0.0205. The molecule has 0 amide bonds. The maximum atomic E-state index is 11.8. The van der Waals surface area contributed by atoms with Crippen molar-refractivity contribution in [3.63, 3.8) is 0 Å². The number of hydrogen-bond donors (Lipinski definition) is 1. The third kappa shape index (κ3) is 2.59. The van der Waals surface area contributed by atoms with Crippen molar-refractivity contribution in [1.82, 2.24) is 9.55 Å². The summed E-state index contributed by atoms with van der Waals surface area (Å²) >= 11 is 0. The van der Waals surface area contributed by atoms with Gasteiger partial charge in [0, 0.05) is 7.05 Å². The Morgan fingerprint density at radius 3 is 2.70 bits per heavy atom. The summed E-state index contributed by atoms with van der Waals surface area (Å²) in [5.41, 5.74) is 4.37. The molecule has 1 saturated carbocycles. The Labute approximate surface area is 134 Å². The van der Waals surface area contributed by atoms with Crippen molar-refractivity contribution >= 4 is 11.0 Å². The Hall–Kier alpha value is -2.33. The van der Waals surface area contributed by atoms with Crippen LogP contribution in [0.1, 0.15) is 29.9 Å². The van der Waals surface area contributed by atoms with Crippen molar-refractivity contribution in [2.24, 2.45) is 7.05 Å². The van der Waals surface area contributed by atoms with E-state index in [4.69, 9.17) is 4.74 Å². The second-order valence-electron chi connectivity index (χ2n) is 6.32. The van der Waals surface area contributed by atoms with Gasteiger partial charge in [-0.15, -0.1) is 0 Å². The van der Waals surface area contributed by atoms with Crippen LogP contribution >= 0.6 is 0 Å². The molecule has 0 aliphatic heterocycles. The van der Waals surface area contributed by atoms with Gasteiger partial charge in [0.25, 0.3) is 0 Å². The Balaban J connectivity index is 1.45. The number of rotatable bonds is 4. The predicted octanol–water partition coefficient (Wildman–Crippen LogP) is 3.33. The molecule has 0 spiro atoms. The summed E-state index contributed by atoms with van der Waals surface area (Å²) in [6.45, 7) is 0.672. The van der Waals surface area contributed by atoms with E-state index in [9.17, 15) is 4.79 Å². The average Bonchev–Trinajstić information content (AvgIpc) is 2.82. The number of nitrogens with one attached hydrogen (secondary N) is 1. The van der Waals surface area contributed by atoms with Gasteiger partial charge in [0.2, 0.25) is 0 Å². The summed E-state index contributed by atoms with van der Waals surface area (Å²) in [5, 5.41) is 0. The molecule has 1 aliphatic carbocycles. The fraction of sp³-hybridized carbons (Fsp3) is 0.316. The predicted molar refractivity (Wildman–Crippen MR) is 90.5 cm³/mol. The normalized spacial score (nSPS) is 20.6. The third-order valence-corrected chi connectivity index (χ3v) is 4.81. The standard InChI is InChI=1S/C19H20N2O2/c1-21-18-16(8-5-9-17(18)20-19(21)22)14-10-15(11-14)23-12-13-6-3-2-4-7-13/h2-9,14-15H,10-12H2,1H3,(H,20,22). The second-order valence-corrected chi connectivity index (χ2v) is 6.32. The Morgan fingerprint density at radius 2 is 1.91 bits per heavy atom. The van der Waals surface area contributed by atoms with E-state index in [1.54, 1.807) is 4.57 Å². The van der Waals surface area contributed by atoms with Crippen molar-refractivity contribution < 1.29 is 4.74 Å².